The Morgan fingerprint density at radius 1 is 1.05 bits per heavy atom. The standard InChI is InChI=1S/C15H12IN3/c1-17-13-5-2-10(3-6-13)15-18-9-11-8-12(16)4-7-14(11)19-15/h2-9,17H,1H3. The average molecular weight is 361 g/mol. The number of halogens is 1. The fraction of sp³-hybridized carbons (Fsp3) is 0.0667. The monoisotopic (exact) mass is 361 g/mol. The van der Waals surface area contributed by atoms with Crippen LogP contribution in [0, 0.1) is 3.57 Å². The zero-order valence-corrected chi connectivity index (χ0v) is 12.5. The van der Waals surface area contributed by atoms with E-state index in [1.54, 1.807) is 0 Å². The van der Waals surface area contributed by atoms with E-state index in [2.05, 4.69) is 50.0 Å². The average Bonchev–Trinajstić information content (AvgIpc) is 2.47. The van der Waals surface area contributed by atoms with Gasteiger partial charge in [-0.2, -0.15) is 0 Å². The molecular formula is C15H12IN3. The Labute approximate surface area is 125 Å². The van der Waals surface area contributed by atoms with Crippen molar-refractivity contribution in [2.24, 2.45) is 0 Å². The Morgan fingerprint density at radius 2 is 1.84 bits per heavy atom. The van der Waals surface area contributed by atoms with Crippen molar-refractivity contribution in [2.75, 3.05) is 12.4 Å². The number of hydrogen-bond acceptors (Lipinski definition) is 3. The van der Waals surface area contributed by atoms with E-state index in [0.717, 1.165) is 28.0 Å². The lowest BCUT2D eigenvalue weighted by atomic mass is 10.2. The summed E-state index contributed by atoms with van der Waals surface area (Å²) in [6, 6.07) is 14.3. The lowest BCUT2D eigenvalue weighted by Crippen LogP contribution is -1.91. The second-order valence-corrected chi connectivity index (χ2v) is 5.47. The molecule has 0 aliphatic heterocycles. The van der Waals surface area contributed by atoms with Crippen LogP contribution in [-0.4, -0.2) is 17.0 Å². The molecule has 0 saturated heterocycles. The Kier molecular flexibility index (Phi) is 3.33. The van der Waals surface area contributed by atoms with Gasteiger partial charge in [-0.25, -0.2) is 9.97 Å². The third-order valence-corrected chi connectivity index (χ3v) is 3.64. The van der Waals surface area contributed by atoms with E-state index in [9.17, 15) is 0 Å². The molecule has 0 atom stereocenters. The second kappa shape index (κ2) is 5.13. The van der Waals surface area contributed by atoms with Gasteiger partial charge in [0.2, 0.25) is 0 Å². The van der Waals surface area contributed by atoms with E-state index in [0.29, 0.717) is 0 Å². The van der Waals surface area contributed by atoms with Gasteiger partial charge in [0.15, 0.2) is 5.82 Å². The quantitative estimate of drug-likeness (QED) is 0.703. The number of aromatic nitrogens is 2. The summed E-state index contributed by atoms with van der Waals surface area (Å²) in [5.74, 6) is 0.761. The van der Waals surface area contributed by atoms with Crippen LogP contribution in [0.2, 0.25) is 0 Å². The first kappa shape index (κ1) is 12.3. The third kappa shape index (κ3) is 2.53. The number of fused-ring (bicyclic) bond motifs is 1. The molecule has 3 nitrogen and oxygen atoms in total. The molecule has 0 aliphatic carbocycles. The van der Waals surface area contributed by atoms with E-state index in [1.807, 2.05) is 43.6 Å². The van der Waals surface area contributed by atoms with Crippen molar-refractivity contribution in [3.63, 3.8) is 0 Å². The maximum absolute atomic E-state index is 4.61. The predicted molar refractivity (Wildman–Crippen MR) is 87.2 cm³/mol. The molecule has 19 heavy (non-hydrogen) atoms. The molecule has 1 aromatic heterocycles. The van der Waals surface area contributed by atoms with Crippen LogP contribution in [0.4, 0.5) is 5.69 Å². The van der Waals surface area contributed by atoms with Crippen LogP contribution in [0.1, 0.15) is 0 Å². The highest BCUT2D eigenvalue weighted by Gasteiger charge is 2.03. The largest absolute Gasteiger partial charge is 0.388 e. The summed E-state index contributed by atoms with van der Waals surface area (Å²) in [5, 5.41) is 4.17. The van der Waals surface area contributed by atoms with Crippen LogP contribution < -0.4 is 5.32 Å². The van der Waals surface area contributed by atoms with Gasteiger partial charge in [0.05, 0.1) is 5.52 Å². The lowest BCUT2D eigenvalue weighted by Gasteiger charge is -2.04. The van der Waals surface area contributed by atoms with Gasteiger partial charge in [-0.3, -0.25) is 0 Å². The topological polar surface area (TPSA) is 37.8 Å². The van der Waals surface area contributed by atoms with E-state index in [1.165, 1.54) is 3.57 Å². The molecule has 0 bridgehead atoms. The molecule has 0 fully saturated rings. The van der Waals surface area contributed by atoms with Gasteiger partial charge in [-0.1, -0.05) is 0 Å². The molecule has 0 amide bonds. The molecule has 0 saturated carbocycles. The van der Waals surface area contributed by atoms with Crippen molar-refractivity contribution in [2.45, 2.75) is 0 Å². The minimum absolute atomic E-state index is 0.761. The van der Waals surface area contributed by atoms with Crippen LogP contribution in [0.3, 0.4) is 0 Å². The zero-order valence-electron chi connectivity index (χ0n) is 10.4. The highest BCUT2D eigenvalue weighted by Crippen LogP contribution is 2.21. The van der Waals surface area contributed by atoms with Crippen LogP contribution >= 0.6 is 22.6 Å². The number of hydrogen-bond donors (Lipinski definition) is 1. The molecule has 3 rings (SSSR count). The van der Waals surface area contributed by atoms with E-state index < -0.39 is 0 Å². The first-order chi connectivity index (χ1) is 9.26. The zero-order chi connectivity index (χ0) is 13.2. The van der Waals surface area contributed by atoms with Gasteiger partial charge in [-0.05, 0) is 65.1 Å². The molecule has 0 spiro atoms. The summed E-state index contributed by atoms with van der Waals surface area (Å²) >= 11 is 2.29. The molecule has 0 unspecified atom stereocenters. The maximum Gasteiger partial charge on any atom is 0.159 e. The smallest absolute Gasteiger partial charge is 0.159 e. The van der Waals surface area contributed by atoms with Gasteiger partial charge in [-0.15, -0.1) is 0 Å². The Hall–Kier alpha value is -1.69. The number of nitrogens with zero attached hydrogens (tertiary/aromatic N) is 2. The van der Waals surface area contributed by atoms with E-state index in [4.69, 9.17) is 0 Å². The minimum atomic E-state index is 0.761. The maximum atomic E-state index is 4.61. The first-order valence-electron chi connectivity index (χ1n) is 5.97. The summed E-state index contributed by atoms with van der Waals surface area (Å²) in [5.41, 5.74) is 3.08. The molecule has 2 aromatic carbocycles. The summed E-state index contributed by atoms with van der Waals surface area (Å²) in [6.45, 7) is 0. The van der Waals surface area contributed by atoms with Gasteiger partial charge in [0, 0.05) is 33.5 Å². The Morgan fingerprint density at radius 3 is 2.58 bits per heavy atom. The van der Waals surface area contributed by atoms with Crippen molar-refractivity contribution >= 4 is 39.2 Å². The number of benzene rings is 2. The Balaban J connectivity index is 2.06. The number of rotatable bonds is 2. The molecule has 4 heteroatoms. The van der Waals surface area contributed by atoms with Crippen molar-refractivity contribution < 1.29 is 0 Å². The van der Waals surface area contributed by atoms with E-state index >= 15 is 0 Å². The summed E-state index contributed by atoms with van der Waals surface area (Å²) in [6.07, 6.45) is 1.88. The molecule has 0 aliphatic rings. The van der Waals surface area contributed by atoms with Gasteiger partial charge in [0.1, 0.15) is 0 Å². The van der Waals surface area contributed by atoms with Gasteiger partial charge < -0.3 is 5.32 Å². The molecular weight excluding hydrogens is 349 g/mol. The normalized spacial score (nSPS) is 10.6. The minimum Gasteiger partial charge on any atom is -0.388 e. The molecule has 1 heterocycles. The van der Waals surface area contributed by atoms with Crippen LogP contribution in [0.5, 0.6) is 0 Å². The number of anilines is 1. The van der Waals surface area contributed by atoms with E-state index in [-0.39, 0.29) is 0 Å². The summed E-state index contributed by atoms with van der Waals surface area (Å²) < 4.78 is 1.19. The molecule has 1 N–H and O–H groups in total. The summed E-state index contributed by atoms with van der Waals surface area (Å²) in [7, 11) is 1.91. The van der Waals surface area contributed by atoms with Crippen molar-refractivity contribution in [1.82, 2.24) is 9.97 Å². The SMILES string of the molecule is CNc1ccc(-c2ncc3cc(I)ccc3n2)cc1. The van der Waals surface area contributed by atoms with Crippen LogP contribution in [-0.2, 0) is 0 Å². The van der Waals surface area contributed by atoms with Gasteiger partial charge in [0.25, 0.3) is 0 Å². The predicted octanol–water partition coefficient (Wildman–Crippen LogP) is 3.94. The third-order valence-electron chi connectivity index (χ3n) is 2.97. The highest BCUT2D eigenvalue weighted by molar-refractivity contribution is 14.1. The van der Waals surface area contributed by atoms with Crippen molar-refractivity contribution in [1.29, 1.82) is 0 Å². The van der Waals surface area contributed by atoms with Crippen LogP contribution in [0.15, 0.2) is 48.7 Å². The molecule has 0 radical (unpaired) electrons. The second-order valence-electron chi connectivity index (χ2n) is 4.22. The summed E-state index contributed by atoms with van der Waals surface area (Å²) in [4.78, 5) is 9.05. The van der Waals surface area contributed by atoms with Gasteiger partial charge >= 0.3 is 0 Å². The fourth-order valence-electron chi connectivity index (χ4n) is 1.93. The van der Waals surface area contributed by atoms with Crippen molar-refractivity contribution in [3.05, 3.63) is 52.2 Å². The lowest BCUT2D eigenvalue weighted by molar-refractivity contribution is 1.23. The fourth-order valence-corrected chi connectivity index (χ4v) is 2.44. The highest BCUT2D eigenvalue weighted by atomic mass is 127. The van der Waals surface area contributed by atoms with Crippen molar-refractivity contribution in [3.8, 4) is 11.4 Å². The Bertz CT molecular complexity index is 723. The molecule has 3 aromatic rings. The number of nitrogens with one attached hydrogen (secondary N) is 1. The van der Waals surface area contributed by atoms with Crippen LogP contribution in [0.25, 0.3) is 22.3 Å². The molecule has 94 valence electrons. The first-order valence-corrected chi connectivity index (χ1v) is 7.04.